The van der Waals surface area contributed by atoms with Crippen LogP contribution in [0.15, 0.2) is 24.3 Å². The Morgan fingerprint density at radius 3 is 2.30 bits per heavy atom. The molecule has 8 heteroatoms. The summed E-state index contributed by atoms with van der Waals surface area (Å²) in [6, 6.07) is 6.07. The molecule has 1 fully saturated rings. The van der Waals surface area contributed by atoms with Crippen molar-refractivity contribution in [1.82, 2.24) is 15.1 Å². The van der Waals surface area contributed by atoms with E-state index in [-0.39, 0.29) is 36.6 Å². The number of carbonyl (C=O) groups excluding carboxylic acids is 4. The quantitative estimate of drug-likeness (QED) is 0.730. The number of hydrogen-bond donors (Lipinski definition) is 1. The van der Waals surface area contributed by atoms with Crippen molar-refractivity contribution >= 4 is 23.6 Å². The highest BCUT2D eigenvalue weighted by atomic mass is 16.5. The van der Waals surface area contributed by atoms with Gasteiger partial charge < -0.3 is 15.0 Å². The summed E-state index contributed by atoms with van der Waals surface area (Å²) in [7, 11) is 0. The predicted octanol–water partition coefficient (Wildman–Crippen LogP) is 0.426. The second-order valence-electron chi connectivity index (χ2n) is 6.64. The Balaban J connectivity index is 1.44. The van der Waals surface area contributed by atoms with Crippen molar-refractivity contribution in [1.29, 1.82) is 0 Å². The standard InChI is InChI=1S/C19H23N3O5/c1-13(17(24)21-9-11-27-12-10-21)20-16(23)7-4-8-22-18(25)14-5-2-3-6-15(14)19(22)26/h2-3,5-6,13H,4,7-12H2,1H3,(H,20,23)/t13-/m0/s1. The zero-order valence-electron chi connectivity index (χ0n) is 15.3. The number of nitrogens with one attached hydrogen (secondary N) is 1. The van der Waals surface area contributed by atoms with E-state index in [4.69, 9.17) is 4.74 Å². The van der Waals surface area contributed by atoms with E-state index >= 15 is 0 Å². The van der Waals surface area contributed by atoms with E-state index in [9.17, 15) is 19.2 Å². The molecule has 1 aromatic rings. The summed E-state index contributed by atoms with van der Waals surface area (Å²) in [6.45, 7) is 3.89. The maximum Gasteiger partial charge on any atom is 0.261 e. The van der Waals surface area contributed by atoms with Gasteiger partial charge in [-0.3, -0.25) is 24.1 Å². The SMILES string of the molecule is C[C@H](NC(=O)CCCN1C(=O)c2ccccc2C1=O)C(=O)N1CCOCC1. The first kappa shape index (κ1) is 19.0. The molecule has 27 heavy (non-hydrogen) atoms. The van der Waals surface area contributed by atoms with Crippen LogP contribution in [0.5, 0.6) is 0 Å². The zero-order chi connectivity index (χ0) is 19.4. The zero-order valence-corrected chi connectivity index (χ0v) is 15.3. The van der Waals surface area contributed by atoms with Crippen molar-refractivity contribution < 1.29 is 23.9 Å². The van der Waals surface area contributed by atoms with E-state index in [2.05, 4.69) is 5.32 Å². The van der Waals surface area contributed by atoms with Gasteiger partial charge in [0.05, 0.1) is 24.3 Å². The molecular weight excluding hydrogens is 350 g/mol. The van der Waals surface area contributed by atoms with E-state index in [0.717, 1.165) is 0 Å². The van der Waals surface area contributed by atoms with Crippen molar-refractivity contribution in [3.63, 3.8) is 0 Å². The Hall–Kier alpha value is -2.74. The van der Waals surface area contributed by atoms with Gasteiger partial charge in [-0.05, 0) is 25.5 Å². The average molecular weight is 373 g/mol. The van der Waals surface area contributed by atoms with Gasteiger partial charge in [0, 0.05) is 26.1 Å². The van der Waals surface area contributed by atoms with Gasteiger partial charge in [-0.1, -0.05) is 12.1 Å². The topological polar surface area (TPSA) is 96.0 Å². The van der Waals surface area contributed by atoms with E-state index in [1.54, 1.807) is 36.1 Å². The highest BCUT2D eigenvalue weighted by molar-refractivity contribution is 6.21. The summed E-state index contributed by atoms with van der Waals surface area (Å²) >= 11 is 0. The fraction of sp³-hybridized carbons (Fsp3) is 0.474. The maximum atomic E-state index is 12.3. The second-order valence-corrected chi connectivity index (χ2v) is 6.64. The number of hydrogen-bond acceptors (Lipinski definition) is 5. The Kier molecular flexibility index (Phi) is 5.85. The van der Waals surface area contributed by atoms with Crippen molar-refractivity contribution in [2.75, 3.05) is 32.8 Å². The van der Waals surface area contributed by atoms with Gasteiger partial charge in [0.2, 0.25) is 11.8 Å². The van der Waals surface area contributed by atoms with Crippen LogP contribution in [0.3, 0.4) is 0 Å². The number of imide groups is 1. The lowest BCUT2D eigenvalue weighted by Crippen LogP contribution is -2.50. The lowest BCUT2D eigenvalue weighted by Gasteiger charge is -2.29. The van der Waals surface area contributed by atoms with Gasteiger partial charge in [0.25, 0.3) is 11.8 Å². The van der Waals surface area contributed by atoms with Crippen molar-refractivity contribution in [2.24, 2.45) is 0 Å². The lowest BCUT2D eigenvalue weighted by atomic mass is 10.1. The van der Waals surface area contributed by atoms with Gasteiger partial charge in [-0.15, -0.1) is 0 Å². The first-order valence-corrected chi connectivity index (χ1v) is 9.10. The summed E-state index contributed by atoms with van der Waals surface area (Å²) in [5.74, 6) is -1.06. The van der Waals surface area contributed by atoms with Crippen LogP contribution in [0, 0.1) is 0 Å². The first-order chi connectivity index (χ1) is 13.0. The smallest absolute Gasteiger partial charge is 0.261 e. The number of morpholine rings is 1. The molecule has 2 aliphatic rings. The van der Waals surface area contributed by atoms with Crippen molar-refractivity contribution in [3.05, 3.63) is 35.4 Å². The third kappa shape index (κ3) is 4.16. The van der Waals surface area contributed by atoms with Crippen LogP contribution in [0.2, 0.25) is 0 Å². The van der Waals surface area contributed by atoms with Crippen LogP contribution in [0.25, 0.3) is 0 Å². The molecule has 0 bridgehead atoms. The van der Waals surface area contributed by atoms with Gasteiger partial charge in [0.15, 0.2) is 0 Å². The van der Waals surface area contributed by atoms with Crippen molar-refractivity contribution in [3.8, 4) is 0 Å². The minimum Gasteiger partial charge on any atom is -0.378 e. The fourth-order valence-corrected chi connectivity index (χ4v) is 3.27. The number of nitrogens with zero attached hydrogens (tertiary/aromatic N) is 2. The fourth-order valence-electron chi connectivity index (χ4n) is 3.27. The summed E-state index contributed by atoms with van der Waals surface area (Å²) in [4.78, 5) is 51.8. The van der Waals surface area contributed by atoms with Crippen LogP contribution in [-0.4, -0.2) is 72.3 Å². The first-order valence-electron chi connectivity index (χ1n) is 9.10. The molecule has 8 nitrogen and oxygen atoms in total. The molecule has 0 aromatic heterocycles. The van der Waals surface area contributed by atoms with E-state index < -0.39 is 6.04 Å². The molecule has 1 N–H and O–H groups in total. The normalized spacial score (nSPS) is 17.7. The molecule has 0 aliphatic carbocycles. The molecule has 1 saturated heterocycles. The lowest BCUT2D eigenvalue weighted by molar-refractivity contribution is -0.139. The van der Waals surface area contributed by atoms with Crippen molar-refractivity contribution in [2.45, 2.75) is 25.8 Å². The molecule has 1 aromatic carbocycles. The molecule has 1 atom stereocenters. The second kappa shape index (κ2) is 8.30. The summed E-state index contributed by atoms with van der Waals surface area (Å²) < 4.78 is 5.21. The minimum atomic E-state index is -0.616. The summed E-state index contributed by atoms with van der Waals surface area (Å²) in [5, 5.41) is 2.68. The third-order valence-electron chi connectivity index (χ3n) is 4.73. The maximum absolute atomic E-state index is 12.3. The minimum absolute atomic E-state index is 0.132. The molecular formula is C19H23N3O5. The number of carbonyl (C=O) groups is 4. The molecule has 3 rings (SSSR count). The Labute approximate surface area is 157 Å². The van der Waals surface area contributed by atoms with E-state index in [0.29, 0.717) is 43.9 Å². The van der Waals surface area contributed by atoms with Crippen LogP contribution in [0.4, 0.5) is 0 Å². The summed E-state index contributed by atoms with van der Waals surface area (Å²) in [5.41, 5.74) is 0.799. The van der Waals surface area contributed by atoms with Gasteiger partial charge >= 0.3 is 0 Å². The Morgan fingerprint density at radius 2 is 1.70 bits per heavy atom. The molecule has 4 amide bonds. The molecule has 2 heterocycles. The predicted molar refractivity (Wildman–Crippen MR) is 96.0 cm³/mol. The molecule has 0 unspecified atom stereocenters. The van der Waals surface area contributed by atoms with Gasteiger partial charge in [0.1, 0.15) is 6.04 Å². The number of rotatable bonds is 6. The number of ether oxygens (including phenoxy) is 1. The molecule has 0 spiro atoms. The van der Waals surface area contributed by atoms with E-state index in [1.807, 2.05) is 0 Å². The number of amides is 4. The van der Waals surface area contributed by atoms with Gasteiger partial charge in [-0.2, -0.15) is 0 Å². The number of fused-ring (bicyclic) bond motifs is 1. The van der Waals surface area contributed by atoms with Crippen LogP contribution in [0.1, 0.15) is 40.5 Å². The Morgan fingerprint density at radius 1 is 1.11 bits per heavy atom. The van der Waals surface area contributed by atoms with Gasteiger partial charge in [-0.25, -0.2) is 0 Å². The van der Waals surface area contributed by atoms with Crippen LogP contribution in [-0.2, 0) is 14.3 Å². The molecule has 0 radical (unpaired) electrons. The Bertz CT molecular complexity index is 722. The average Bonchev–Trinajstić information content (AvgIpc) is 2.93. The third-order valence-corrected chi connectivity index (χ3v) is 4.73. The van der Waals surface area contributed by atoms with E-state index in [1.165, 1.54) is 4.90 Å². The van der Waals surface area contributed by atoms with Crippen LogP contribution >= 0.6 is 0 Å². The van der Waals surface area contributed by atoms with Crippen LogP contribution < -0.4 is 5.32 Å². The highest BCUT2D eigenvalue weighted by Crippen LogP contribution is 2.22. The largest absolute Gasteiger partial charge is 0.378 e. The summed E-state index contributed by atoms with van der Waals surface area (Å²) in [6.07, 6.45) is 0.476. The monoisotopic (exact) mass is 373 g/mol. The molecule has 0 saturated carbocycles. The molecule has 144 valence electrons. The highest BCUT2D eigenvalue weighted by Gasteiger charge is 2.34. The number of benzene rings is 1. The molecule has 2 aliphatic heterocycles.